The minimum absolute atomic E-state index is 0.656. The predicted octanol–water partition coefficient (Wildman–Crippen LogP) is 3.07. The lowest BCUT2D eigenvalue weighted by atomic mass is 10.1. The van der Waals surface area contributed by atoms with E-state index in [1.54, 1.807) is 0 Å². The number of ether oxygens (including phenoxy) is 1. The van der Waals surface area contributed by atoms with Gasteiger partial charge in [-0.2, -0.15) is 0 Å². The van der Waals surface area contributed by atoms with Gasteiger partial charge in [0.1, 0.15) is 5.75 Å². The number of para-hydroxylation sites is 1. The molecule has 2 aliphatic heterocycles. The van der Waals surface area contributed by atoms with Crippen molar-refractivity contribution in [3.63, 3.8) is 0 Å². The Kier molecular flexibility index (Phi) is 4.49. The lowest BCUT2D eigenvalue weighted by Crippen LogP contribution is -2.35. The van der Waals surface area contributed by atoms with Gasteiger partial charge in [-0.25, -0.2) is 0 Å². The van der Waals surface area contributed by atoms with Gasteiger partial charge in [-0.1, -0.05) is 23.7 Å². The third-order valence-corrected chi connectivity index (χ3v) is 4.64. The van der Waals surface area contributed by atoms with E-state index in [1.807, 2.05) is 19.1 Å². The molecule has 110 valence electrons. The fraction of sp³-hybridized carbons (Fsp3) is 0.625. The number of halogens is 1. The summed E-state index contributed by atoms with van der Waals surface area (Å²) in [4.78, 5) is 2.53. The molecule has 0 saturated carbocycles. The highest BCUT2D eigenvalue weighted by molar-refractivity contribution is 6.32. The van der Waals surface area contributed by atoms with Crippen LogP contribution >= 0.6 is 11.6 Å². The van der Waals surface area contributed by atoms with E-state index in [2.05, 4.69) is 16.3 Å². The summed E-state index contributed by atoms with van der Waals surface area (Å²) in [5.41, 5.74) is 1.21. The molecule has 2 saturated heterocycles. The molecule has 0 amide bonds. The standard InChI is InChI=1S/C16H23ClN2O/c1-2-20-16-12(4-3-5-15(16)17)10-19-9-8-13-6-7-14(11-19)18-13/h3-5,13-14,18H,2,6-11H2,1H3. The average molecular weight is 295 g/mol. The number of nitrogens with zero attached hydrogens (tertiary/aromatic N) is 1. The Balaban J connectivity index is 1.72. The first-order chi connectivity index (χ1) is 9.76. The molecule has 1 N–H and O–H groups in total. The van der Waals surface area contributed by atoms with Crippen LogP contribution in [0.15, 0.2) is 18.2 Å². The van der Waals surface area contributed by atoms with Crippen LogP contribution in [0.4, 0.5) is 0 Å². The highest BCUT2D eigenvalue weighted by Gasteiger charge is 2.29. The van der Waals surface area contributed by atoms with Gasteiger partial charge in [0.15, 0.2) is 0 Å². The minimum atomic E-state index is 0.656. The van der Waals surface area contributed by atoms with Crippen LogP contribution in [0.3, 0.4) is 0 Å². The first kappa shape index (κ1) is 14.2. The second-order valence-electron chi connectivity index (χ2n) is 5.82. The summed E-state index contributed by atoms with van der Waals surface area (Å²) >= 11 is 6.27. The smallest absolute Gasteiger partial charge is 0.142 e. The third kappa shape index (κ3) is 3.11. The molecule has 2 fully saturated rings. The largest absolute Gasteiger partial charge is 0.492 e. The molecular formula is C16H23ClN2O. The summed E-state index contributed by atoms with van der Waals surface area (Å²) in [5, 5.41) is 4.44. The monoisotopic (exact) mass is 294 g/mol. The number of benzene rings is 1. The molecule has 2 unspecified atom stereocenters. The van der Waals surface area contributed by atoms with Crippen molar-refractivity contribution in [2.75, 3.05) is 19.7 Å². The zero-order chi connectivity index (χ0) is 13.9. The van der Waals surface area contributed by atoms with Gasteiger partial charge in [0, 0.05) is 37.3 Å². The Hall–Kier alpha value is -0.770. The summed E-state index contributed by atoms with van der Waals surface area (Å²) in [5.74, 6) is 0.860. The van der Waals surface area contributed by atoms with E-state index in [0.717, 1.165) is 36.4 Å². The maximum atomic E-state index is 6.27. The Bertz CT molecular complexity index is 466. The van der Waals surface area contributed by atoms with Crippen molar-refractivity contribution in [1.82, 2.24) is 10.2 Å². The molecule has 0 spiro atoms. The number of likely N-dealkylation sites (tertiary alicyclic amines) is 1. The van der Waals surface area contributed by atoms with Gasteiger partial charge in [0.2, 0.25) is 0 Å². The lowest BCUT2D eigenvalue weighted by Gasteiger charge is -2.25. The fourth-order valence-corrected chi connectivity index (χ4v) is 3.63. The van der Waals surface area contributed by atoms with Crippen LogP contribution in [-0.2, 0) is 6.54 Å². The Morgan fingerprint density at radius 1 is 1.30 bits per heavy atom. The number of hydrogen-bond acceptors (Lipinski definition) is 3. The summed E-state index contributed by atoms with van der Waals surface area (Å²) in [6.45, 7) is 5.88. The second-order valence-corrected chi connectivity index (χ2v) is 6.23. The topological polar surface area (TPSA) is 24.5 Å². The molecule has 0 aliphatic carbocycles. The fourth-order valence-electron chi connectivity index (χ4n) is 3.38. The first-order valence-electron chi connectivity index (χ1n) is 7.65. The lowest BCUT2D eigenvalue weighted by molar-refractivity contribution is 0.244. The first-order valence-corrected chi connectivity index (χ1v) is 8.02. The van der Waals surface area contributed by atoms with Crippen molar-refractivity contribution < 1.29 is 4.74 Å². The summed E-state index contributed by atoms with van der Waals surface area (Å²) in [6.07, 6.45) is 3.91. The van der Waals surface area contributed by atoms with Crippen molar-refractivity contribution >= 4 is 11.6 Å². The van der Waals surface area contributed by atoms with Gasteiger partial charge in [-0.05, 0) is 32.3 Å². The highest BCUT2D eigenvalue weighted by Crippen LogP contribution is 2.30. The maximum Gasteiger partial charge on any atom is 0.142 e. The quantitative estimate of drug-likeness (QED) is 0.924. The Morgan fingerprint density at radius 3 is 3.00 bits per heavy atom. The molecule has 2 atom stereocenters. The van der Waals surface area contributed by atoms with Crippen molar-refractivity contribution in [1.29, 1.82) is 0 Å². The number of rotatable bonds is 4. The normalized spacial score (nSPS) is 26.5. The van der Waals surface area contributed by atoms with Crippen LogP contribution in [0, 0.1) is 0 Å². The van der Waals surface area contributed by atoms with Crippen LogP contribution in [0.25, 0.3) is 0 Å². The third-order valence-electron chi connectivity index (χ3n) is 4.34. The summed E-state index contributed by atoms with van der Waals surface area (Å²) < 4.78 is 5.73. The molecule has 1 aromatic rings. The number of nitrogens with one attached hydrogen (secondary N) is 1. The molecule has 4 heteroatoms. The molecule has 1 aromatic carbocycles. The molecule has 2 bridgehead atoms. The van der Waals surface area contributed by atoms with E-state index in [-0.39, 0.29) is 0 Å². The zero-order valence-corrected chi connectivity index (χ0v) is 12.8. The number of fused-ring (bicyclic) bond motifs is 2. The van der Waals surface area contributed by atoms with E-state index < -0.39 is 0 Å². The van der Waals surface area contributed by atoms with E-state index in [1.165, 1.54) is 24.8 Å². The van der Waals surface area contributed by atoms with Crippen molar-refractivity contribution in [2.45, 2.75) is 44.8 Å². The van der Waals surface area contributed by atoms with Crippen molar-refractivity contribution in [3.05, 3.63) is 28.8 Å². The van der Waals surface area contributed by atoms with Gasteiger partial charge in [0.05, 0.1) is 11.6 Å². The van der Waals surface area contributed by atoms with E-state index in [9.17, 15) is 0 Å². The molecule has 20 heavy (non-hydrogen) atoms. The molecule has 2 aliphatic rings. The Labute approximate surface area is 126 Å². The van der Waals surface area contributed by atoms with Gasteiger partial charge in [-0.15, -0.1) is 0 Å². The van der Waals surface area contributed by atoms with Gasteiger partial charge < -0.3 is 10.1 Å². The van der Waals surface area contributed by atoms with Gasteiger partial charge in [-0.3, -0.25) is 4.90 Å². The molecule has 3 rings (SSSR count). The van der Waals surface area contributed by atoms with Gasteiger partial charge >= 0.3 is 0 Å². The minimum Gasteiger partial charge on any atom is -0.492 e. The van der Waals surface area contributed by atoms with Crippen molar-refractivity contribution in [2.24, 2.45) is 0 Å². The number of hydrogen-bond donors (Lipinski definition) is 1. The van der Waals surface area contributed by atoms with Crippen LogP contribution in [0.1, 0.15) is 31.7 Å². The second kappa shape index (κ2) is 6.33. The molecular weight excluding hydrogens is 272 g/mol. The average Bonchev–Trinajstić information content (AvgIpc) is 2.77. The molecule has 2 heterocycles. The molecule has 3 nitrogen and oxygen atoms in total. The van der Waals surface area contributed by atoms with Gasteiger partial charge in [0.25, 0.3) is 0 Å². The Morgan fingerprint density at radius 2 is 2.15 bits per heavy atom. The SMILES string of the molecule is CCOc1c(Cl)cccc1CN1CCC2CCC(C1)N2. The van der Waals surface area contributed by atoms with Crippen LogP contribution < -0.4 is 10.1 Å². The van der Waals surface area contributed by atoms with Crippen LogP contribution in [0.2, 0.25) is 5.02 Å². The van der Waals surface area contributed by atoms with E-state index in [4.69, 9.17) is 16.3 Å². The van der Waals surface area contributed by atoms with E-state index >= 15 is 0 Å². The zero-order valence-electron chi connectivity index (χ0n) is 12.1. The highest BCUT2D eigenvalue weighted by atomic mass is 35.5. The molecule has 0 radical (unpaired) electrons. The summed E-state index contributed by atoms with van der Waals surface area (Å²) in [7, 11) is 0. The molecule has 0 aromatic heterocycles. The van der Waals surface area contributed by atoms with Crippen molar-refractivity contribution in [3.8, 4) is 5.75 Å². The van der Waals surface area contributed by atoms with E-state index in [0.29, 0.717) is 12.6 Å². The summed E-state index contributed by atoms with van der Waals surface area (Å²) in [6, 6.07) is 7.45. The van der Waals surface area contributed by atoms with Crippen LogP contribution in [-0.4, -0.2) is 36.7 Å². The maximum absolute atomic E-state index is 6.27. The van der Waals surface area contributed by atoms with Crippen LogP contribution in [0.5, 0.6) is 5.75 Å². The predicted molar refractivity (Wildman–Crippen MR) is 82.5 cm³/mol.